The molecule has 0 saturated heterocycles. The van der Waals surface area contributed by atoms with Crippen LogP contribution in [0.15, 0.2) is 48.6 Å². The fraction of sp³-hybridized carbons (Fsp3) is 0.737. The maximum Gasteiger partial charge on any atom is 0.306 e. The molecule has 0 aliphatic carbocycles. The summed E-state index contributed by atoms with van der Waals surface area (Å²) in [5.74, 6) is -0.799. The molecule has 0 heterocycles. The number of carboxylic acids is 1. The summed E-state index contributed by atoms with van der Waals surface area (Å²) in [6, 6.07) is 0. The molecule has 0 rings (SSSR count). The summed E-state index contributed by atoms with van der Waals surface area (Å²) >= 11 is 0. The first-order valence-corrected chi connectivity index (χ1v) is 17.6. The average molecular weight is 587 g/mol. The van der Waals surface area contributed by atoms with Crippen LogP contribution >= 0.6 is 0 Å². The van der Waals surface area contributed by atoms with Gasteiger partial charge in [0, 0.05) is 12.8 Å². The minimum absolute atomic E-state index is 0.0749. The third kappa shape index (κ3) is 32.4. The number of hydrogen-bond acceptors (Lipinski definition) is 3. The Morgan fingerprint density at radius 1 is 0.571 bits per heavy atom. The maximum absolute atomic E-state index is 12.5. The Bertz CT molecular complexity index is 719. The molecule has 0 aliphatic rings. The van der Waals surface area contributed by atoms with Gasteiger partial charge in [-0.2, -0.15) is 0 Å². The van der Waals surface area contributed by atoms with Crippen molar-refractivity contribution in [2.24, 2.45) is 0 Å². The molecule has 0 aliphatic heterocycles. The number of allylic oxidation sites excluding steroid dienone is 7. The molecule has 0 bridgehead atoms. The van der Waals surface area contributed by atoms with E-state index in [1.807, 2.05) is 0 Å². The van der Waals surface area contributed by atoms with E-state index in [4.69, 9.17) is 9.84 Å². The highest BCUT2D eigenvalue weighted by Gasteiger charge is 2.11. The molecule has 1 atom stereocenters. The number of hydrogen-bond donors (Lipinski definition) is 1. The van der Waals surface area contributed by atoms with Gasteiger partial charge < -0.3 is 9.84 Å². The van der Waals surface area contributed by atoms with Crippen LogP contribution in [-0.2, 0) is 14.3 Å². The summed E-state index contributed by atoms with van der Waals surface area (Å²) in [6.45, 7) is 4.40. The number of unbranched alkanes of at least 4 members (excludes halogenated alkanes) is 16. The Hall–Kier alpha value is -2.10. The molecular formula is C38H66O4. The molecule has 0 radical (unpaired) electrons. The van der Waals surface area contributed by atoms with Gasteiger partial charge in [0.1, 0.15) is 6.10 Å². The van der Waals surface area contributed by atoms with Gasteiger partial charge in [0.25, 0.3) is 0 Å². The molecule has 0 aromatic heterocycles. The van der Waals surface area contributed by atoms with Crippen LogP contribution in [0.1, 0.15) is 174 Å². The molecule has 4 heteroatoms. The lowest BCUT2D eigenvalue weighted by Crippen LogP contribution is -2.16. The van der Waals surface area contributed by atoms with Crippen molar-refractivity contribution in [2.45, 2.75) is 180 Å². The zero-order chi connectivity index (χ0) is 30.8. The van der Waals surface area contributed by atoms with Crippen molar-refractivity contribution in [1.29, 1.82) is 0 Å². The zero-order valence-electron chi connectivity index (χ0n) is 27.5. The van der Waals surface area contributed by atoms with E-state index in [-0.39, 0.29) is 18.5 Å². The minimum atomic E-state index is -0.724. The molecule has 0 aromatic carbocycles. The van der Waals surface area contributed by atoms with Gasteiger partial charge in [-0.1, -0.05) is 133 Å². The Labute approximate surface area is 260 Å². The van der Waals surface area contributed by atoms with Gasteiger partial charge >= 0.3 is 11.9 Å². The van der Waals surface area contributed by atoms with Crippen molar-refractivity contribution in [2.75, 3.05) is 0 Å². The minimum Gasteiger partial charge on any atom is -0.481 e. The molecule has 0 aromatic rings. The third-order valence-corrected chi connectivity index (χ3v) is 7.52. The topological polar surface area (TPSA) is 63.6 Å². The summed E-state index contributed by atoms with van der Waals surface area (Å²) in [7, 11) is 0. The Morgan fingerprint density at radius 3 is 1.69 bits per heavy atom. The van der Waals surface area contributed by atoms with Crippen molar-refractivity contribution >= 4 is 11.9 Å². The van der Waals surface area contributed by atoms with Crippen LogP contribution in [0, 0.1) is 0 Å². The van der Waals surface area contributed by atoms with E-state index in [0.717, 1.165) is 70.6 Å². The maximum atomic E-state index is 12.5. The number of ether oxygens (including phenoxy) is 1. The van der Waals surface area contributed by atoms with Crippen LogP contribution in [-0.4, -0.2) is 23.1 Å². The van der Waals surface area contributed by atoms with Gasteiger partial charge in [-0.25, -0.2) is 0 Å². The van der Waals surface area contributed by atoms with Crippen LogP contribution in [0.4, 0.5) is 0 Å². The van der Waals surface area contributed by atoms with Crippen molar-refractivity contribution in [3.05, 3.63) is 48.6 Å². The summed E-state index contributed by atoms with van der Waals surface area (Å²) in [5.41, 5.74) is 0. The molecule has 0 saturated carbocycles. The van der Waals surface area contributed by atoms with Crippen LogP contribution in [0.25, 0.3) is 0 Å². The fourth-order valence-electron chi connectivity index (χ4n) is 4.93. The normalized spacial score (nSPS) is 12.8. The van der Waals surface area contributed by atoms with E-state index >= 15 is 0 Å². The fourth-order valence-corrected chi connectivity index (χ4v) is 4.93. The van der Waals surface area contributed by atoms with Crippen molar-refractivity contribution < 1.29 is 19.4 Å². The van der Waals surface area contributed by atoms with Gasteiger partial charge in [0.15, 0.2) is 0 Å². The average Bonchev–Trinajstić information content (AvgIpc) is 2.97. The van der Waals surface area contributed by atoms with Gasteiger partial charge in [-0.15, -0.1) is 0 Å². The van der Waals surface area contributed by atoms with Gasteiger partial charge in [0.05, 0.1) is 0 Å². The standard InChI is InChI=1S/C38H66O4/c1-3-5-7-9-11-13-14-15-16-17-18-19-20-21-23-25-31-35-38(41)42-36(33-29-26-27-30-34-37(39)40)32-28-24-22-12-10-8-6-4-2/h5,7,11,13,15-16,28,32,36H,3-4,6,8-10,12,14,17-27,29-31,33-35H2,1-2H3,(H,39,40)/b7-5-,13-11-,16-15-,32-28-. The number of aliphatic carboxylic acids is 1. The molecule has 42 heavy (non-hydrogen) atoms. The predicted molar refractivity (Wildman–Crippen MR) is 181 cm³/mol. The summed E-state index contributed by atoms with van der Waals surface area (Å²) in [6.07, 6.45) is 44.2. The Morgan fingerprint density at radius 2 is 1.07 bits per heavy atom. The number of carboxylic acid groups (broad SMARTS) is 1. The number of carbonyl (C=O) groups excluding carboxylic acids is 1. The first-order chi connectivity index (χ1) is 20.6. The van der Waals surface area contributed by atoms with E-state index in [1.165, 1.54) is 77.0 Å². The lowest BCUT2D eigenvalue weighted by Gasteiger charge is -2.15. The largest absolute Gasteiger partial charge is 0.481 e. The number of carbonyl (C=O) groups is 2. The predicted octanol–water partition coefficient (Wildman–Crippen LogP) is 12.0. The molecule has 0 fully saturated rings. The molecule has 1 N–H and O–H groups in total. The Kier molecular flexibility index (Phi) is 31.7. The third-order valence-electron chi connectivity index (χ3n) is 7.52. The molecule has 1 unspecified atom stereocenters. The van der Waals surface area contributed by atoms with E-state index in [2.05, 4.69) is 62.5 Å². The SMILES string of the molecule is CC/C=C\C/C=C\C/C=C\CCCCCCCCCC(=O)OC(/C=C\CCCCCCCC)CCCCCCC(=O)O. The zero-order valence-corrected chi connectivity index (χ0v) is 27.5. The quantitative estimate of drug-likeness (QED) is 0.0498. The van der Waals surface area contributed by atoms with Gasteiger partial charge in [-0.3, -0.25) is 9.59 Å². The van der Waals surface area contributed by atoms with Crippen LogP contribution < -0.4 is 0 Å². The molecule has 0 amide bonds. The lowest BCUT2D eigenvalue weighted by atomic mass is 10.1. The first-order valence-electron chi connectivity index (χ1n) is 17.6. The van der Waals surface area contributed by atoms with E-state index < -0.39 is 5.97 Å². The smallest absolute Gasteiger partial charge is 0.306 e. The van der Waals surface area contributed by atoms with Gasteiger partial charge in [-0.05, 0) is 76.7 Å². The Balaban J connectivity index is 4.01. The van der Waals surface area contributed by atoms with Crippen LogP contribution in [0.3, 0.4) is 0 Å². The second kappa shape index (κ2) is 33.4. The van der Waals surface area contributed by atoms with E-state index in [9.17, 15) is 9.59 Å². The molecule has 4 nitrogen and oxygen atoms in total. The second-order valence-corrected chi connectivity index (χ2v) is 11.7. The van der Waals surface area contributed by atoms with E-state index in [0.29, 0.717) is 6.42 Å². The lowest BCUT2D eigenvalue weighted by molar-refractivity contribution is -0.147. The molecule has 242 valence electrons. The summed E-state index contributed by atoms with van der Waals surface area (Å²) < 4.78 is 5.85. The number of rotatable bonds is 31. The van der Waals surface area contributed by atoms with Crippen molar-refractivity contribution in [3.63, 3.8) is 0 Å². The first kappa shape index (κ1) is 39.9. The van der Waals surface area contributed by atoms with E-state index in [1.54, 1.807) is 0 Å². The van der Waals surface area contributed by atoms with Crippen molar-refractivity contribution in [1.82, 2.24) is 0 Å². The van der Waals surface area contributed by atoms with Gasteiger partial charge in [0.2, 0.25) is 0 Å². The second-order valence-electron chi connectivity index (χ2n) is 11.7. The highest BCUT2D eigenvalue weighted by Crippen LogP contribution is 2.15. The monoisotopic (exact) mass is 586 g/mol. The van der Waals surface area contributed by atoms with Crippen LogP contribution in [0.5, 0.6) is 0 Å². The van der Waals surface area contributed by atoms with Crippen LogP contribution in [0.2, 0.25) is 0 Å². The molecular weight excluding hydrogens is 520 g/mol. The summed E-state index contributed by atoms with van der Waals surface area (Å²) in [5, 5.41) is 8.80. The summed E-state index contributed by atoms with van der Waals surface area (Å²) in [4.78, 5) is 23.2. The van der Waals surface area contributed by atoms with Crippen molar-refractivity contribution in [3.8, 4) is 0 Å². The highest BCUT2D eigenvalue weighted by atomic mass is 16.5. The molecule has 0 spiro atoms. The highest BCUT2D eigenvalue weighted by molar-refractivity contribution is 5.69. The number of esters is 1.